The van der Waals surface area contributed by atoms with Crippen molar-refractivity contribution in [3.05, 3.63) is 69.8 Å². The fourth-order valence-corrected chi connectivity index (χ4v) is 7.10. The third-order valence-corrected chi connectivity index (χ3v) is 9.63. The molecule has 250 valence electrons. The molecule has 1 saturated heterocycles. The molecule has 0 spiro atoms. The summed E-state index contributed by atoms with van der Waals surface area (Å²) in [6.07, 6.45) is 11.5. The van der Waals surface area contributed by atoms with Gasteiger partial charge in [0.25, 0.3) is 0 Å². The van der Waals surface area contributed by atoms with Gasteiger partial charge in [0.2, 0.25) is 5.88 Å². The summed E-state index contributed by atoms with van der Waals surface area (Å²) in [4.78, 5) is 31.1. The van der Waals surface area contributed by atoms with Crippen molar-refractivity contribution in [3.63, 3.8) is 0 Å². The van der Waals surface area contributed by atoms with E-state index in [1.54, 1.807) is 24.7 Å². The average Bonchev–Trinajstić information content (AvgIpc) is 3.67. The Morgan fingerprint density at radius 1 is 1.26 bits per heavy atom. The number of nitrogens with one attached hydrogen (secondary N) is 1. The summed E-state index contributed by atoms with van der Waals surface area (Å²) in [6.45, 7) is 7.56. The number of thiophene rings is 1. The van der Waals surface area contributed by atoms with Crippen molar-refractivity contribution < 1.29 is 9.53 Å². The van der Waals surface area contributed by atoms with E-state index in [0.717, 1.165) is 61.1 Å². The van der Waals surface area contributed by atoms with Crippen molar-refractivity contribution in [3.8, 4) is 11.9 Å². The van der Waals surface area contributed by atoms with E-state index < -0.39 is 5.92 Å². The zero-order chi connectivity index (χ0) is 33.9. The number of likely N-dealkylation sites (N-methyl/N-ethyl adjacent to an activating group) is 1. The quantitative estimate of drug-likeness (QED) is 0.173. The molecule has 5 rings (SSSR count). The Balaban J connectivity index is 0.00000245. The monoisotopic (exact) mass is 657 g/mol. The molecular weight excluding hydrogens is 611 g/mol. The number of likely N-dealkylation sites (tertiary alicyclic amines) is 1. The Kier molecular flexibility index (Phi) is 12.7. The van der Waals surface area contributed by atoms with E-state index in [1.807, 2.05) is 26.0 Å². The van der Waals surface area contributed by atoms with E-state index in [0.29, 0.717) is 53.0 Å². The highest BCUT2D eigenvalue weighted by Crippen LogP contribution is 2.44. The van der Waals surface area contributed by atoms with Gasteiger partial charge < -0.3 is 32.2 Å². The van der Waals surface area contributed by atoms with Crippen LogP contribution in [0.25, 0.3) is 11.4 Å². The molecule has 4 heterocycles. The number of hydrogen-bond acceptors (Lipinski definition) is 12. The van der Waals surface area contributed by atoms with E-state index in [9.17, 15) is 10.1 Å². The van der Waals surface area contributed by atoms with Crippen molar-refractivity contribution in [2.45, 2.75) is 84.1 Å². The van der Waals surface area contributed by atoms with Crippen LogP contribution in [-0.4, -0.2) is 51.9 Å². The highest BCUT2D eigenvalue weighted by Gasteiger charge is 2.34. The summed E-state index contributed by atoms with van der Waals surface area (Å²) < 4.78 is 6.19. The van der Waals surface area contributed by atoms with Gasteiger partial charge >= 0.3 is 0 Å². The molecule has 3 aromatic heterocycles. The Morgan fingerprint density at radius 2 is 2.06 bits per heavy atom. The van der Waals surface area contributed by atoms with Crippen molar-refractivity contribution in [1.29, 1.82) is 5.26 Å². The number of aromatic nitrogens is 3. The third-order valence-electron chi connectivity index (χ3n) is 8.53. The number of allylic oxidation sites excluding steroid dienone is 1. The van der Waals surface area contributed by atoms with Crippen molar-refractivity contribution in [2.24, 2.45) is 11.5 Å². The van der Waals surface area contributed by atoms with Crippen LogP contribution in [0, 0.1) is 11.3 Å². The number of aryl methyl sites for hydroxylation is 1. The Hall–Kier alpha value is -4.47. The van der Waals surface area contributed by atoms with Crippen LogP contribution in [0.3, 0.4) is 0 Å². The Morgan fingerprint density at radius 3 is 2.74 bits per heavy atom. The molecule has 1 aliphatic heterocycles. The number of rotatable bonds is 12. The average molecular weight is 658 g/mol. The maximum absolute atomic E-state index is 14.3. The molecule has 1 fully saturated rings. The lowest BCUT2D eigenvalue weighted by atomic mass is 9.79. The standard InChI is InChI=1S/C33H41N9O2S.C2H6/c1-3-4-10-23(31(43)22-11-5-12-26-29(22)24(16-34)32(37)45-26)30(36)33-40-27(39-18-25(35)20-8-6-13-38-17-20)15-28(41-33)44-19-21-9-7-14-42(21)2;1-2/h6,8,13,15,17-18,21-22H,3-5,7,9-12,14,19,35-37H2,1-2H3,(H,39,40,41);1-2H3/b25-18-,30-23-;/t21-,22-;/m0./s1. The molecule has 2 atom stereocenters. The van der Waals surface area contributed by atoms with Gasteiger partial charge in [-0.3, -0.25) is 9.78 Å². The normalized spacial score (nSPS) is 18.3. The summed E-state index contributed by atoms with van der Waals surface area (Å²) in [5.74, 6) is 0.375. The topological polar surface area (TPSA) is 182 Å². The molecule has 1 aliphatic carbocycles. The summed E-state index contributed by atoms with van der Waals surface area (Å²) >= 11 is 1.41. The van der Waals surface area contributed by atoms with E-state index in [4.69, 9.17) is 26.9 Å². The van der Waals surface area contributed by atoms with Gasteiger partial charge in [0.05, 0.1) is 17.0 Å². The highest BCUT2D eigenvalue weighted by molar-refractivity contribution is 7.16. The van der Waals surface area contributed by atoms with Crippen LogP contribution in [-0.2, 0) is 11.2 Å². The van der Waals surface area contributed by atoms with Gasteiger partial charge in [0.15, 0.2) is 11.6 Å². The number of carbonyl (C=O) groups excluding carboxylic acids is 1. The first-order valence-electron chi connectivity index (χ1n) is 16.5. The molecule has 3 aromatic rings. The highest BCUT2D eigenvalue weighted by atomic mass is 32.1. The summed E-state index contributed by atoms with van der Waals surface area (Å²) in [5, 5.41) is 13.5. The maximum Gasteiger partial charge on any atom is 0.219 e. The van der Waals surface area contributed by atoms with Gasteiger partial charge in [-0.2, -0.15) is 10.2 Å². The van der Waals surface area contributed by atoms with E-state index in [2.05, 4.69) is 40.2 Å². The van der Waals surface area contributed by atoms with E-state index in [1.165, 1.54) is 11.3 Å². The minimum Gasteiger partial charge on any atom is -0.476 e. The lowest BCUT2D eigenvalue weighted by Crippen LogP contribution is -2.30. The van der Waals surface area contributed by atoms with Crippen molar-refractivity contribution >= 4 is 39.3 Å². The Bertz CT molecular complexity index is 1630. The molecule has 0 saturated carbocycles. The van der Waals surface area contributed by atoms with Gasteiger partial charge in [0, 0.05) is 52.6 Å². The predicted molar refractivity (Wildman–Crippen MR) is 189 cm³/mol. The number of unbranched alkanes of at least 4 members (excludes halogenated alkanes) is 1. The number of anilines is 2. The maximum atomic E-state index is 14.3. The van der Waals surface area contributed by atoms with Crippen molar-refractivity contribution in [1.82, 2.24) is 19.9 Å². The molecule has 0 amide bonds. The second-order valence-electron chi connectivity index (χ2n) is 11.6. The number of Topliss-reactive ketones (excluding diaryl/α,β-unsaturated/α-hetero) is 1. The summed E-state index contributed by atoms with van der Waals surface area (Å²) in [6, 6.07) is 7.89. The van der Waals surface area contributed by atoms with Gasteiger partial charge in [-0.15, -0.1) is 11.3 Å². The number of hydrogen-bond donors (Lipinski definition) is 4. The molecular formula is C35H47N9O2S. The molecule has 7 N–H and O–H groups in total. The molecule has 47 heavy (non-hydrogen) atoms. The number of nitrogen functional groups attached to an aromatic ring is 1. The number of nitrogens with two attached hydrogens (primary N) is 3. The van der Waals surface area contributed by atoms with Gasteiger partial charge in [-0.25, -0.2) is 4.98 Å². The lowest BCUT2D eigenvalue weighted by molar-refractivity contribution is -0.117. The molecule has 2 aliphatic rings. The van der Waals surface area contributed by atoms with Crippen LogP contribution in [0.1, 0.15) is 99.0 Å². The number of pyridine rings is 1. The molecule has 11 nitrogen and oxygen atoms in total. The number of ketones is 1. The zero-order valence-electron chi connectivity index (χ0n) is 27.9. The zero-order valence-corrected chi connectivity index (χ0v) is 28.7. The van der Waals surface area contributed by atoms with Gasteiger partial charge in [-0.05, 0) is 76.2 Å². The van der Waals surface area contributed by atoms with Gasteiger partial charge in [-0.1, -0.05) is 27.2 Å². The number of ether oxygens (including phenoxy) is 1. The first-order chi connectivity index (χ1) is 22.8. The predicted octanol–water partition coefficient (Wildman–Crippen LogP) is 5.80. The molecule has 0 aromatic carbocycles. The molecule has 0 bridgehead atoms. The number of carbonyl (C=O) groups is 1. The van der Waals surface area contributed by atoms with Crippen LogP contribution in [0.15, 0.2) is 42.4 Å². The second kappa shape index (κ2) is 16.9. The fourth-order valence-electron chi connectivity index (χ4n) is 5.98. The number of nitrogens with zero attached hydrogens (tertiary/aromatic N) is 5. The van der Waals surface area contributed by atoms with Crippen LogP contribution in [0.4, 0.5) is 10.8 Å². The van der Waals surface area contributed by atoms with Crippen LogP contribution in [0.5, 0.6) is 5.88 Å². The minimum absolute atomic E-state index is 0.103. The van der Waals surface area contributed by atoms with Gasteiger partial charge in [0.1, 0.15) is 23.5 Å². The molecule has 12 heteroatoms. The minimum atomic E-state index is -0.487. The first kappa shape index (κ1) is 35.4. The Labute approximate surface area is 281 Å². The number of fused-ring (bicyclic) bond motifs is 1. The van der Waals surface area contributed by atoms with Crippen LogP contribution < -0.4 is 27.3 Å². The number of nitriles is 1. The summed E-state index contributed by atoms with van der Waals surface area (Å²) in [7, 11) is 2.09. The van der Waals surface area contributed by atoms with Crippen LogP contribution >= 0.6 is 11.3 Å². The molecule has 0 radical (unpaired) electrons. The second-order valence-corrected chi connectivity index (χ2v) is 12.7. The van der Waals surface area contributed by atoms with E-state index >= 15 is 0 Å². The largest absolute Gasteiger partial charge is 0.476 e. The van der Waals surface area contributed by atoms with E-state index in [-0.39, 0.29) is 23.3 Å². The SMILES string of the molecule is CC.CCCC/C(C(=O)[C@H]1CCCc2sc(N)c(C#N)c21)=C(/N)c1nc(N/C=C(\N)c2cccnc2)cc(OC[C@@H]2CCCN2C)n1. The molecule has 0 unspecified atom stereocenters. The van der Waals surface area contributed by atoms with Crippen molar-refractivity contribution in [2.75, 3.05) is 31.2 Å². The fraction of sp³-hybridized carbons (Fsp3) is 0.457. The summed E-state index contributed by atoms with van der Waals surface area (Å²) in [5.41, 5.74) is 22.4. The van der Waals surface area contributed by atoms with Crippen LogP contribution in [0.2, 0.25) is 0 Å². The smallest absolute Gasteiger partial charge is 0.219 e. The first-order valence-corrected chi connectivity index (χ1v) is 17.3. The lowest BCUT2D eigenvalue weighted by Gasteiger charge is -2.24. The third kappa shape index (κ3) is 8.47.